The number of aryl methyl sites for hydroxylation is 1. The van der Waals surface area contributed by atoms with E-state index in [4.69, 9.17) is 4.74 Å². The summed E-state index contributed by atoms with van der Waals surface area (Å²) in [6.07, 6.45) is 1.79. The topological polar surface area (TPSA) is 50.3 Å². The van der Waals surface area contributed by atoms with Crippen molar-refractivity contribution in [3.8, 4) is 0 Å². The van der Waals surface area contributed by atoms with E-state index in [1.54, 1.807) is 17.5 Å². The van der Waals surface area contributed by atoms with E-state index in [-0.39, 0.29) is 0 Å². The molecule has 0 saturated carbocycles. The summed E-state index contributed by atoms with van der Waals surface area (Å²) in [6.45, 7) is 6.35. The smallest absolute Gasteiger partial charge is 0.222 e. The largest absolute Gasteiger partial charge is 0.379 e. The number of rotatable bonds is 5. The second-order valence-electron chi connectivity index (χ2n) is 5.08. The molecule has 1 saturated heterocycles. The maximum absolute atomic E-state index is 5.46. The van der Waals surface area contributed by atoms with Crippen molar-refractivity contribution in [2.45, 2.75) is 13.0 Å². The first-order valence-corrected chi connectivity index (χ1v) is 8.09. The zero-order valence-electron chi connectivity index (χ0n) is 12.2. The molecule has 0 amide bonds. The van der Waals surface area contributed by atoms with Crippen LogP contribution in [0.3, 0.4) is 0 Å². The minimum Gasteiger partial charge on any atom is -0.379 e. The molecule has 6 heteroatoms. The molecule has 112 valence electrons. The summed E-state index contributed by atoms with van der Waals surface area (Å²) in [5.41, 5.74) is 0.978. The molecule has 2 aromatic heterocycles. The maximum atomic E-state index is 5.46. The number of ether oxygens (including phenoxy) is 1. The first-order valence-electron chi connectivity index (χ1n) is 7.21. The van der Waals surface area contributed by atoms with Gasteiger partial charge in [0.25, 0.3) is 0 Å². The van der Waals surface area contributed by atoms with Crippen molar-refractivity contribution in [3.05, 3.63) is 40.3 Å². The molecule has 2 aromatic rings. The van der Waals surface area contributed by atoms with Crippen molar-refractivity contribution >= 4 is 17.3 Å². The molecule has 1 aliphatic heterocycles. The number of hydrogen-bond acceptors (Lipinski definition) is 6. The van der Waals surface area contributed by atoms with Gasteiger partial charge in [0.2, 0.25) is 5.95 Å². The highest BCUT2D eigenvalue weighted by Gasteiger charge is 2.23. The van der Waals surface area contributed by atoms with Crippen LogP contribution in [-0.2, 0) is 4.74 Å². The van der Waals surface area contributed by atoms with Crippen LogP contribution in [0, 0.1) is 6.92 Å². The van der Waals surface area contributed by atoms with Crippen LogP contribution in [0.2, 0.25) is 0 Å². The molecule has 1 unspecified atom stereocenters. The van der Waals surface area contributed by atoms with Crippen LogP contribution in [0.5, 0.6) is 0 Å². The quantitative estimate of drug-likeness (QED) is 0.919. The van der Waals surface area contributed by atoms with Gasteiger partial charge in [-0.15, -0.1) is 11.3 Å². The highest BCUT2D eigenvalue weighted by molar-refractivity contribution is 7.10. The fourth-order valence-electron chi connectivity index (χ4n) is 2.50. The van der Waals surface area contributed by atoms with Gasteiger partial charge >= 0.3 is 0 Å². The van der Waals surface area contributed by atoms with Gasteiger partial charge in [-0.1, -0.05) is 6.07 Å². The van der Waals surface area contributed by atoms with Crippen LogP contribution in [0.4, 0.5) is 5.95 Å². The molecule has 0 radical (unpaired) electrons. The normalized spacial score (nSPS) is 17.6. The first kappa shape index (κ1) is 14.4. The second kappa shape index (κ2) is 6.98. The Balaban J connectivity index is 1.70. The fraction of sp³-hybridized carbons (Fsp3) is 0.467. The summed E-state index contributed by atoms with van der Waals surface area (Å²) in [5, 5.41) is 5.50. The Kier molecular flexibility index (Phi) is 4.80. The fourth-order valence-corrected chi connectivity index (χ4v) is 3.36. The SMILES string of the molecule is Cc1ccnc(NCC(c2cccs2)N2CCOCC2)n1. The van der Waals surface area contributed by atoms with E-state index < -0.39 is 0 Å². The van der Waals surface area contributed by atoms with Crippen molar-refractivity contribution in [3.63, 3.8) is 0 Å². The molecule has 21 heavy (non-hydrogen) atoms. The summed E-state index contributed by atoms with van der Waals surface area (Å²) in [5.74, 6) is 0.699. The van der Waals surface area contributed by atoms with Gasteiger partial charge in [-0.25, -0.2) is 9.97 Å². The van der Waals surface area contributed by atoms with Gasteiger partial charge < -0.3 is 10.1 Å². The molecule has 0 spiro atoms. The molecule has 3 heterocycles. The number of hydrogen-bond donors (Lipinski definition) is 1. The first-order chi connectivity index (χ1) is 10.3. The maximum Gasteiger partial charge on any atom is 0.222 e. The molecule has 0 aromatic carbocycles. The molecule has 3 rings (SSSR count). The van der Waals surface area contributed by atoms with E-state index in [0.717, 1.165) is 38.5 Å². The summed E-state index contributed by atoms with van der Waals surface area (Å²) < 4.78 is 5.46. The third-order valence-electron chi connectivity index (χ3n) is 3.61. The predicted molar refractivity (Wildman–Crippen MR) is 84.7 cm³/mol. The van der Waals surface area contributed by atoms with Crippen LogP contribution in [0.15, 0.2) is 29.8 Å². The van der Waals surface area contributed by atoms with E-state index in [2.05, 4.69) is 37.7 Å². The monoisotopic (exact) mass is 304 g/mol. The Hall–Kier alpha value is -1.50. The number of aromatic nitrogens is 2. The lowest BCUT2D eigenvalue weighted by atomic mass is 10.2. The zero-order valence-corrected chi connectivity index (χ0v) is 13.0. The predicted octanol–water partition coefficient (Wildman–Crippen LogP) is 2.33. The molecule has 0 bridgehead atoms. The number of morpholine rings is 1. The van der Waals surface area contributed by atoms with Gasteiger partial charge in [0.1, 0.15) is 0 Å². The molecule has 1 atom stereocenters. The Labute approximate surface area is 129 Å². The molecule has 1 aliphatic rings. The lowest BCUT2D eigenvalue weighted by Crippen LogP contribution is -2.41. The third kappa shape index (κ3) is 3.78. The minimum absolute atomic E-state index is 0.345. The van der Waals surface area contributed by atoms with Gasteiger partial charge in [-0.2, -0.15) is 0 Å². The lowest BCUT2D eigenvalue weighted by molar-refractivity contribution is 0.0193. The van der Waals surface area contributed by atoms with Crippen LogP contribution >= 0.6 is 11.3 Å². The van der Waals surface area contributed by atoms with E-state index in [1.807, 2.05) is 13.0 Å². The lowest BCUT2D eigenvalue weighted by Gasteiger charge is -2.34. The summed E-state index contributed by atoms with van der Waals surface area (Å²) >= 11 is 1.80. The molecular formula is C15H20N4OS. The second-order valence-corrected chi connectivity index (χ2v) is 6.06. The van der Waals surface area contributed by atoms with Gasteiger partial charge in [0, 0.05) is 36.4 Å². The molecule has 0 aliphatic carbocycles. The van der Waals surface area contributed by atoms with Gasteiger partial charge in [-0.05, 0) is 24.4 Å². The number of anilines is 1. The van der Waals surface area contributed by atoms with Crippen LogP contribution in [-0.4, -0.2) is 47.7 Å². The third-order valence-corrected chi connectivity index (χ3v) is 4.58. The Morgan fingerprint density at radius 1 is 1.38 bits per heavy atom. The van der Waals surface area contributed by atoms with E-state index in [1.165, 1.54) is 4.88 Å². The van der Waals surface area contributed by atoms with E-state index in [0.29, 0.717) is 12.0 Å². The average molecular weight is 304 g/mol. The van der Waals surface area contributed by atoms with Crippen LogP contribution < -0.4 is 5.32 Å². The Morgan fingerprint density at radius 2 is 2.24 bits per heavy atom. The Morgan fingerprint density at radius 3 is 2.95 bits per heavy atom. The van der Waals surface area contributed by atoms with E-state index >= 15 is 0 Å². The van der Waals surface area contributed by atoms with Crippen molar-refractivity contribution in [1.82, 2.24) is 14.9 Å². The van der Waals surface area contributed by atoms with Crippen molar-refractivity contribution in [2.24, 2.45) is 0 Å². The summed E-state index contributed by atoms with van der Waals surface area (Å²) in [4.78, 5) is 12.5. The number of thiophene rings is 1. The molecular weight excluding hydrogens is 284 g/mol. The molecule has 5 nitrogen and oxygen atoms in total. The van der Waals surface area contributed by atoms with Gasteiger partial charge in [0.05, 0.1) is 19.3 Å². The molecule has 1 fully saturated rings. The minimum atomic E-state index is 0.345. The highest BCUT2D eigenvalue weighted by atomic mass is 32.1. The molecule has 1 N–H and O–H groups in total. The van der Waals surface area contributed by atoms with E-state index in [9.17, 15) is 0 Å². The van der Waals surface area contributed by atoms with Crippen molar-refractivity contribution < 1.29 is 4.74 Å². The Bertz CT molecular complexity index is 555. The van der Waals surface area contributed by atoms with Crippen LogP contribution in [0.1, 0.15) is 16.6 Å². The van der Waals surface area contributed by atoms with Gasteiger partial charge in [-0.3, -0.25) is 4.90 Å². The number of nitrogens with zero attached hydrogens (tertiary/aromatic N) is 3. The van der Waals surface area contributed by atoms with Crippen LogP contribution in [0.25, 0.3) is 0 Å². The standard InChI is InChI=1S/C15H20N4OS/c1-12-4-5-16-15(18-12)17-11-13(14-3-2-10-21-14)19-6-8-20-9-7-19/h2-5,10,13H,6-9,11H2,1H3,(H,16,17,18). The highest BCUT2D eigenvalue weighted by Crippen LogP contribution is 2.26. The zero-order chi connectivity index (χ0) is 14.5. The number of nitrogens with one attached hydrogen (secondary N) is 1. The summed E-state index contributed by atoms with van der Waals surface area (Å²) in [7, 11) is 0. The van der Waals surface area contributed by atoms with Crippen molar-refractivity contribution in [2.75, 3.05) is 38.2 Å². The van der Waals surface area contributed by atoms with Crippen molar-refractivity contribution in [1.29, 1.82) is 0 Å². The summed E-state index contributed by atoms with van der Waals surface area (Å²) in [6, 6.07) is 6.56. The van der Waals surface area contributed by atoms with Gasteiger partial charge in [0.15, 0.2) is 0 Å². The average Bonchev–Trinajstić information content (AvgIpc) is 3.03.